The minimum Gasteiger partial charge on any atom is -0.493 e. The molecule has 7 heteroatoms. The molecule has 1 heterocycles. The molecule has 0 radical (unpaired) electrons. The summed E-state index contributed by atoms with van der Waals surface area (Å²) in [5, 5.41) is 5.80. The first-order valence-electron chi connectivity index (χ1n) is 9.33. The molecule has 0 aliphatic rings. The molecule has 6 nitrogen and oxygen atoms in total. The summed E-state index contributed by atoms with van der Waals surface area (Å²) in [4.78, 5) is 27.8. The molecule has 0 aliphatic carbocycles. The molecule has 1 aromatic heterocycles. The van der Waals surface area contributed by atoms with Gasteiger partial charge in [0.25, 0.3) is 0 Å². The van der Waals surface area contributed by atoms with E-state index in [1.54, 1.807) is 35.6 Å². The molecule has 30 heavy (non-hydrogen) atoms. The summed E-state index contributed by atoms with van der Waals surface area (Å²) in [6.07, 6.45) is 3.89. The number of nitrogens with one attached hydrogen (secondary N) is 1. The van der Waals surface area contributed by atoms with Crippen LogP contribution in [0.1, 0.15) is 28.8 Å². The van der Waals surface area contributed by atoms with Gasteiger partial charge >= 0.3 is 5.97 Å². The van der Waals surface area contributed by atoms with E-state index < -0.39 is 5.97 Å². The van der Waals surface area contributed by atoms with Crippen LogP contribution in [0.2, 0.25) is 0 Å². The van der Waals surface area contributed by atoms with Crippen LogP contribution in [0.3, 0.4) is 0 Å². The van der Waals surface area contributed by atoms with Gasteiger partial charge in [0.2, 0.25) is 5.91 Å². The summed E-state index contributed by atoms with van der Waals surface area (Å²) in [7, 11) is 1.49. The van der Waals surface area contributed by atoms with Crippen LogP contribution in [0.15, 0.2) is 60.0 Å². The first-order valence-corrected chi connectivity index (χ1v) is 10.2. The molecule has 2 aromatic carbocycles. The molecule has 0 aliphatic heterocycles. The molecular formula is C23H22N2O4S. The maximum absolute atomic E-state index is 12.1. The largest absolute Gasteiger partial charge is 0.493 e. The zero-order valence-electron chi connectivity index (χ0n) is 16.8. The van der Waals surface area contributed by atoms with E-state index in [4.69, 9.17) is 9.47 Å². The van der Waals surface area contributed by atoms with Crippen LogP contribution in [0.5, 0.6) is 11.5 Å². The van der Waals surface area contributed by atoms with Crippen molar-refractivity contribution < 1.29 is 19.1 Å². The second kappa shape index (κ2) is 10.4. The summed E-state index contributed by atoms with van der Waals surface area (Å²) in [6, 6.07) is 15.2. The number of hydrogen-bond acceptors (Lipinski definition) is 6. The molecule has 1 N–H and O–H groups in total. The summed E-state index contributed by atoms with van der Waals surface area (Å²) in [5.41, 5.74) is 2.79. The Kier molecular flexibility index (Phi) is 7.34. The molecule has 3 aromatic rings. The fourth-order valence-corrected chi connectivity index (χ4v) is 3.55. The van der Waals surface area contributed by atoms with Crippen molar-refractivity contribution in [1.82, 2.24) is 10.3 Å². The van der Waals surface area contributed by atoms with Gasteiger partial charge in [-0.05, 0) is 29.3 Å². The Morgan fingerprint density at radius 2 is 1.93 bits per heavy atom. The zero-order chi connectivity index (χ0) is 21.3. The normalized spacial score (nSPS) is 10.7. The number of thiazole rings is 1. The number of esters is 1. The van der Waals surface area contributed by atoms with Crippen LogP contribution < -0.4 is 14.8 Å². The maximum atomic E-state index is 12.1. The van der Waals surface area contributed by atoms with Gasteiger partial charge in [0.05, 0.1) is 24.4 Å². The molecule has 0 saturated carbocycles. The predicted molar refractivity (Wildman–Crippen MR) is 117 cm³/mol. The Hall–Kier alpha value is -3.45. The van der Waals surface area contributed by atoms with Gasteiger partial charge in [-0.15, -0.1) is 11.3 Å². The van der Waals surface area contributed by atoms with Gasteiger partial charge in [0.15, 0.2) is 11.5 Å². The highest BCUT2D eigenvalue weighted by molar-refractivity contribution is 7.09. The topological polar surface area (TPSA) is 77.5 Å². The number of hydrogen-bond donors (Lipinski definition) is 1. The van der Waals surface area contributed by atoms with Crippen molar-refractivity contribution in [3.63, 3.8) is 0 Å². The van der Waals surface area contributed by atoms with E-state index in [2.05, 4.69) is 22.4 Å². The highest BCUT2D eigenvalue weighted by atomic mass is 32.1. The third-order valence-corrected chi connectivity index (χ3v) is 5.01. The van der Waals surface area contributed by atoms with Gasteiger partial charge in [-0.25, -0.2) is 4.98 Å². The van der Waals surface area contributed by atoms with Gasteiger partial charge in [0, 0.05) is 24.8 Å². The van der Waals surface area contributed by atoms with Crippen molar-refractivity contribution in [3.05, 3.63) is 81.8 Å². The standard InChI is InChI=1S/C23H22N2O4S/c1-16(26)29-20-10-8-18(12-21(20)28-2)9-11-22(27)24-14-19-15-30-23(25-19)13-17-6-4-3-5-7-17/h3-12,15H,13-14H2,1-2H3,(H,24,27)/b11-9+. The van der Waals surface area contributed by atoms with Crippen LogP contribution in [0, 0.1) is 0 Å². The van der Waals surface area contributed by atoms with E-state index in [9.17, 15) is 9.59 Å². The van der Waals surface area contributed by atoms with Crippen LogP contribution in [-0.2, 0) is 22.6 Å². The van der Waals surface area contributed by atoms with Crippen LogP contribution in [0.4, 0.5) is 0 Å². The lowest BCUT2D eigenvalue weighted by Gasteiger charge is -2.08. The third kappa shape index (κ3) is 6.28. The van der Waals surface area contributed by atoms with Crippen molar-refractivity contribution in [2.24, 2.45) is 0 Å². The first kappa shape index (κ1) is 21.3. The molecule has 3 rings (SSSR count). The summed E-state index contributed by atoms with van der Waals surface area (Å²) >= 11 is 1.59. The lowest BCUT2D eigenvalue weighted by atomic mass is 10.2. The summed E-state index contributed by atoms with van der Waals surface area (Å²) < 4.78 is 10.3. The number of nitrogens with zero attached hydrogens (tertiary/aromatic N) is 1. The number of carbonyl (C=O) groups excluding carboxylic acids is 2. The molecule has 0 fully saturated rings. The van der Waals surface area contributed by atoms with Gasteiger partial charge in [-0.3, -0.25) is 9.59 Å². The molecular weight excluding hydrogens is 400 g/mol. The van der Waals surface area contributed by atoms with Crippen LogP contribution in [-0.4, -0.2) is 24.0 Å². The SMILES string of the molecule is COc1cc(/C=C/C(=O)NCc2csc(Cc3ccccc3)n2)ccc1OC(C)=O. The van der Waals surface area contributed by atoms with E-state index >= 15 is 0 Å². The average molecular weight is 423 g/mol. The Morgan fingerprint density at radius 3 is 2.67 bits per heavy atom. The van der Waals surface area contributed by atoms with E-state index in [-0.39, 0.29) is 5.91 Å². The fraction of sp³-hybridized carbons (Fsp3) is 0.174. The molecule has 154 valence electrons. The van der Waals surface area contributed by atoms with Gasteiger partial charge in [-0.2, -0.15) is 0 Å². The van der Waals surface area contributed by atoms with Crippen molar-refractivity contribution in [1.29, 1.82) is 0 Å². The Morgan fingerprint density at radius 1 is 1.13 bits per heavy atom. The number of methoxy groups -OCH3 is 1. The lowest BCUT2D eigenvalue weighted by molar-refractivity contribution is -0.132. The smallest absolute Gasteiger partial charge is 0.308 e. The van der Waals surface area contributed by atoms with Crippen molar-refractivity contribution in [3.8, 4) is 11.5 Å². The quantitative estimate of drug-likeness (QED) is 0.337. The minimum absolute atomic E-state index is 0.226. The Bertz CT molecular complexity index is 1040. The van der Waals surface area contributed by atoms with Gasteiger partial charge in [-0.1, -0.05) is 36.4 Å². The van der Waals surface area contributed by atoms with Gasteiger partial charge < -0.3 is 14.8 Å². The monoisotopic (exact) mass is 422 g/mol. The van der Waals surface area contributed by atoms with Crippen molar-refractivity contribution in [2.45, 2.75) is 19.9 Å². The molecule has 0 saturated heterocycles. The number of benzene rings is 2. The summed E-state index contributed by atoms with van der Waals surface area (Å²) in [5.74, 6) is 0.100. The Labute approximate surface area is 179 Å². The third-order valence-electron chi connectivity index (χ3n) is 4.11. The number of aromatic nitrogens is 1. The number of amides is 1. The highest BCUT2D eigenvalue weighted by Gasteiger charge is 2.08. The zero-order valence-corrected chi connectivity index (χ0v) is 17.6. The van der Waals surface area contributed by atoms with Crippen LogP contribution >= 0.6 is 11.3 Å². The number of rotatable bonds is 8. The number of carbonyl (C=O) groups is 2. The molecule has 0 spiro atoms. The molecule has 0 atom stereocenters. The highest BCUT2D eigenvalue weighted by Crippen LogP contribution is 2.28. The van der Waals surface area contributed by atoms with E-state index in [1.807, 2.05) is 23.6 Å². The van der Waals surface area contributed by atoms with Crippen molar-refractivity contribution in [2.75, 3.05) is 7.11 Å². The van der Waals surface area contributed by atoms with E-state index in [0.717, 1.165) is 22.7 Å². The predicted octanol–water partition coefficient (Wildman–Crippen LogP) is 4.00. The second-order valence-corrected chi connectivity index (χ2v) is 7.39. The number of ether oxygens (including phenoxy) is 2. The maximum Gasteiger partial charge on any atom is 0.308 e. The van der Waals surface area contributed by atoms with E-state index in [1.165, 1.54) is 25.7 Å². The minimum atomic E-state index is -0.426. The second-order valence-electron chi connectivity index (χ2n) is 6.45. The van der Waals surface area contributed by atoms with E-state index in [0.29, 0.717) is 18.0 Å². The molecule has 1 amide bonds. The fourth-order valence-electron chi connectivity index (χ4n) is 2.72. The average Bonchev–Trinajstić information content (AvgIpc) is 3.19. The molecule has 0 unspecified atom stereocenters. The Balaban J connectivity index is 1.53. The summed E-state index contributed by atoms with van der Waals surface area (Å²) in [6.45, 7) is 1.69. The van der Waals surface area contributed by atoms with Crippen LogP contribution in [0.25, 0.3) is 6.08 Å². The van der Waals surface area contributed by atoms with Gasteiger partial charge in [0.1, 0.15) is 0 Å². The van der Waals surface area contributed by atoms with Crippen molar-refractivity contribution >= 4 is 29.3 Å². The lowest BCUT2D eigenvalue weighted by Crippen LogP contribution is -2.20. The molecule has 0 bridgehead atoms. The first-order chi connectivity index (χ1) is 14.5.